The number of hydrogen-bond acceptors (Lipinski definition) is 5. The van der Waals surface area contributed by atoms with Gasteiger partial charge in [-0.3, -0.25) is 4.79 Å². The topological polar surface area (TPSA) is 77.2 Å². The largest absolute Gasteiger partial charge is 0.497 e. The van der Waals surface area contributed by atoms with Crippen LogP contribution in [0.5, 0.6) is 5.75 Å². The number of aromatic nitrogens is 1. The molecule has 150 valence electrons. The van der Waals surface area contributed by atoms with Crippen LogP contribution < -0.4 is 15.8 Å². The Morgan fingerprint density at radius 3 is 2.76 bits per heavy atom. The quantitative estimate of drug-likeness (QED) is 0.552. The monoisotopic (exact) mass is 407 g/mol. The molecule has 0 atom stereocenters. The van der Waals surface area contributed by atoms with E-state index in [4.69, 9.17) is 15.5 Å². The molecule has 3 N–H and O–H groups in total. The van der Waals surface area contributed by atoms with Crippen LogP contribution in [0.1, 0.15) is 41.8 Å². The number of nitrogen functional groups attached to an aromatic ring is 1. The van der Waals surface area contributed by atoms with E-state index < -0.39 is 0 Å². The molecule has 29 heavy (non-hydrogen) atoms. The highest BCUT2D eigenvalue weighted by Gasteiger charge is 2.18. The molecule has 0 saturated carbocycles. The highest BCUT2D eigenvalue weighted by molar-refractivity contribution is 7.21. The normalized spacial score (nSPS) is 13.9. The average molecular weight is 408 g/mol. The number of rotatable bonds is 6. The minimum absolute atomic E-state index is 0.118. The Balaban J connectivity index is 1.50. The number of fused-ring (bicyclic) bond motifs is 1. The van der Waals surface area contributed by atoms with Gasteiger partial charge in [-0.2, -0.15) is 0 Å². The number of ether oxygens (including phenoxy) is 1. The van der Waals surface area contributed by atoms with Crippen molar-refractivity contribution in [1.29, 1.82) is 0 Å². The molecule has 1 amide bonds. The first-order valence-corrected chi connectivity index (χ1v) is 10.8. The van der Waals surface area contributed by atoms with Crippen molar-refractivity contribution in [1.82, 2.24) is 10.3 Å². The van der Waals surface area contributed by atoms with Gasteiger partial charge >= 0.3 is 0 Å². The molecular weight excluding hydrogens is 382 g/mol. The number of allylic oxidation sites excluding steroid dienone is 1. The molecule has 0 spiro atoms. The van der Waals surface area contributed by atoms with E-state index in [1.54, 1.807) is 7.11 Å². The molecule has 5 nitrogen and oxygen atoms in total. The van der Waals surface area contributed by atoms with Gasteiger partial charge in [-0.05, 0) is 68.5 Å². The zero-order valence-corrected chi connectivity index (χ0v) is 17.3. The van der Waals surface area contributed by atoms with E-state index in [1.165, 1.54) is 29.8 Å². The van der Waals surface area contributed by atoms with Crippen molar-refractivity contribution >= 4 is 33.1 Å². The van der Waals surface area contributed by atoms with E-state index in [-0.39, 0.29) is 5.91 Å². The number of anilines is 1. The molecule has 1 aliphatic carbocycles. The number of nitrogens with two attached hydrogens (primary N) is 1. The molecule has 0 saturated heterocycles. The van der Waals surface area contributed by atoms with Crippen LogP contribution in [0.2, 0.25) is 0 Å². The number of methoxy groups -OCH3 is 1. The van der Waals surface area contributed by atoms with Crippen LogP contribution in [0, 0.1) is 0 Å². The Bertz CT molecular complexity index is 1050. The third-order valence-corrected chi connectivity index (χ3v) is 6.42. The lowest BCUT2D eigenvalue weighted by atomic mass is 9.97. The van der Waals surface area contributed by atoms with Crippen LogP contribution in [-0.4, -0.2) is 24.5 Å². The van der Waals surface area contributed by atoms with Crippen LogP contribution in [0.25, 0.3) is 21.5 Å². The maximum absolute atomic E-state index is 12.7. The molecular formula is C23H25N3O2S. The summed E-state index contributed by atoms with van der Waals surface area (Å²) in [5, 5.41) is 3.84. The Labute approximate surface area is 174 Å². The van der Waals surface area contributed by atoms with E-state index in [2.05, 4.69) is 11.4 Å². The van der Waals surface area contributed by atoms with Crippen LogP contribution in [0.4, 0.5) is 5.69 Å². The van der Waals surface area contributed by atoms with Gasteiger partial charge in [-0.25, -0.2) is 4.98 Å². The summed E-state index contributed by atoms with van der Waals surface area (Å²) in [4.78, 5) is 18.7. The fraction of sp³-hybridized carbons (Fsp3) is 0.304. The van der Waals surface area contributed by atoms with E-state index in [0.29, 0.717) is 17.1 Å². The van der Waals surface area contributed by atoms with Crippen LogP contribution in [0.15, 0.2) is 48.0 Å². The molecule has 0 aliphatic heterocycles. The van der Waals surface area contributed by atoms with Crippen molar-refractivity contribution in [3.8, 4) is 17.0 Å². The standard InChI is InChI=1S/C23H25N3O2S/c1-28-17-9-7-16(8-10-17)19-12-11-18-20(24)21(29-23(18)26-19)22(27)25-14-13-15-5-3-2-4-6-15/h5,7-12H,2-4,6,13-14,24H2,1H3,(H,25,27). The van der Waals surface area contributed by atoms with Gasteiger partial charge in [0.1, 0.15) is 15.5 Å². The second kappa shape index (κ2) is 8.66. The molecule has 1 aliphatic rings. The Kier molecular flexibility index (Phi) is 5.81. The second-order valence-electron chi connectivity index (χ2n) is 7.24. The predicted octanol–water partition coefficient (Wildman–Crippen LogP) is 5.17. The predicted molar refractivity (Wildman–Crippen MR) is 120 cm³/mol. The number of benzene rings is 1. The van der Waals surface area contributed by atoms with Gasteiger partial charge in [-0.1, -0.05) is 11.6 Å². The molecule has 4 rings (SSSR count). The number of hydrogen-bond donors (Lipinski definition) is 2. The minimum Gasteiger partial charge on any atom is -0.497 e. The first-order chi connectivity index (χ1) is 14.2. The van der Waals surface area contributed by atoms with Gasteiger partial charge in [0.05, 0.1) is 18.5 Å². The number of nitrogens with zero attached hydrogens (tertiary/aromatic N) is 1. The lowest BCUT2D eigenvalue weighted by molar-refractivity contribution is 0.0959. The molecule has 1 aromatic carbocycles. The summed E-state index contributed by atoms with van der Waals surface area (Å²) in [5.41, 5.74) is 10.1. The molecule has 0 fully saturated rings. The van der Waals surface area contributed by atoms with Gasteiger partial charge in [-0.15, -0.1) is 11.3 Å². The summed E-state index contributed by atoms with van der Waals surface area (Å²) < 4.78 is 5.21. The van der Waals surface area contributed by atoms with Crippen molar-refractivity contribution < 1.29 is 9.53 Å². The lowest BCUT2D eigenvalue weighted by Crippen LogP contribution is -2.24. The number of amides is 1. The van der Waals surface area contributed by atoms with Gasteiger partial charge < -0.3 is 15.8 Å². The van der Waals surface area contributed by atoms with Crippen molar-refractivity contribution in [3.05, 3.63) is 52.9 Å². The average Bonchev–Trinajstić information content (AvgIpc) is 3.10. The SMILES string of the molecule is COc1ccc(-c2ccc3c(N)c(C(=O)NCCC4=CCCCC4)sc3n2)cc1. The minimum atomic E-state index is -0.118. The van der Waals surface area contributed by atoms with Crippen LogP contribution in [0.3, 0.4) is 0 Å². The first-order valence-electron chi connectivity index (χ1n) is 9.95. The van der Waals surface area contributed by atoms with E-state index in [1.807, 2.05) is 36.4 Å². The zero-order chi connectivity index (χ0) is 20.2. The zero-order valence-electron chi connectivity index (χ0n) is 16.5. The van der Waals surface area contributed by atoms with E-state index in [0.717, 1.165) is 46.5 Å². The number of thiophene rings is 1. The van der Waals surface area contributed by atoms with Crippen LogP contribution >= 0.6 is 11.3 Å². The van der Waals surface area contributed by atoms with Crippen molar-refractivity contribution in [2.24, 2.45) is 0 Å². The fourth-order valence-electron chi connectivity index (χ4n) is 3.64. The lowest BCUT2D eigenvalue weighted by Gasteiger charge is -2.12. The fourth-order valence-corrected chi connectivity index (χ4v) is 4.65. The summed E-state index contributed by atoms with van der Waals surface area (Å²) in [6, 6.07) is 11.6. The van der Waals surface area contributed by atoms with Crippen LogP contribution in [-0.2, 0) is 0 Å². The molecule has 0 bridgehead atoms. The van der Waals surface area contributed by atoms with E-state index in [9.17, 15) is 4.79 Å². The highest BCUT2D eigenvalue weighted by Crippen LogP contribution is 2.34. The van der Waals surface area contributed by atoms with Gasteiger partial charge in [0.15, 0.2) is 0 Å². The number of pyridine rings is 1. The molecule has 3 aromatic rings. The summed E-state index contributed by atoms with van der Waals surface area (Å²) in [6.45, 7) is 0.642. The third kappa shape index (κ3) is 4.27. The van der Waals surface area contributed by atoms with Gasteiger partial charge in [0.2, 0.25) is 0 Å². The summed E-state index contributed by atoms with van der Waals surface area (Å²) >= 11 is 1.35. The van der Waals surface area contributed by atoms with Crippen molar-refractivity contribution in [2.45, 2.75) is 32.1 Å². The number of carbonyl (C=O) groups excluding carboxylic acids is 1. The Hall–Kier alpha value is -2.86. The third-order valence-electron chi connectivity index (χ3n) is 5.30. The molecule has 0 unspecified atom stereocenters. The van der Waals surface area contributed by atoms with E-state index >= 15 is 0 Å². The maximum Gasteiger partial charge on any atom is 0.263 e. The Morgan fingerprint density at radius 2 is 2.03 bits per heavy atom. The number of carbonyl (C=O) groups is 1. The number of nitrogens with one attached hydrogen (secondary N) is 1. The van der Waals surface area contributed by atoms with Crippen molar-refractivity contribution in [3.63, 3.8) is 0 Å². The van der Waals surface area contributed by atoms with Gasteiger partial charge in [0.25, 0.3) is 5.91 Å². The molecule has 2 heterocycles. The summed E-state index contributed by atoms with van der Waals surface area (Å²) in [6.07, 6.45) is 8.07. The molecule has 6 heteroatoms. The Morgan fingerprint density at radius 1 is 1.21 bits per heavy atom. The van der Waals surface area contributed by atoms with Crippen molar-refractivity contribution in [2.75, 3.05) is 19.4 Å². The highest BCUT2D eigenvalue weighted by atomic mass is 32.1. The molecule has 2 aromatic heterocycles. The second-order valence-corrected chi connectivity index (χ2v) is 8.24. The van der Waals surface area contributed by atoms with Gasteiger partial charge in [0, 0.05) is 17.5 Å². The summed E-state index contributed by atoms with van der Waals surface area (Å²) in [5.74, 6) is 0.686. The summed E-state index contributed by atoms with van der Waals surface area (Å²) in [7, 11) is 1.65. The maximum atomic E-state index is 12.7. The first kappa shape index (κ1) is 19.5. The molecule has 0 radical (unpaired) electrons. The smallest absolute Gasteiger partial charge is 0.263 e.